The first kappa shape index (κ1) is 13.6. The molecule has 0 bridgehead atoms. The van der Waals surface area contributed by atoms with Crippen molar-refractivity contribution in [1.82, 2.24) is 4.90 Å². The van der Waals surface area contributed by atoms with E-state index in [9.17, 15) is 5.11 Å². The van der Waals surface area contributed by atoms with Crippen LogP contribution < -0.4 is 0 Å². The molecule has 2 nitrogen and oxygen atoms in total. The minimum atomic E-state index is -0.383. The molecule has 0 aromatic heterocycles. The number of hydrogen-bond acceptors (Lipinski definition) is 2. The third kappa shape index (κ3) is 3.02. The lowest BCUT2D eigenvalue weighted by Crippen LogP contribution is -2.31. The van der Waals surface area contributed by atoms with Crippen LogP contribution in [0.4, 0.5) is 0 Å². The van der Waals surface area contributed by atoms with Crippen LogP contribution >= 0.6 is 0 Å². The topological polar surface area (TPSA) is 23.5 Å². The quantitative estimate of drug-likeness (QED) is 0.863. The van der Waals surface area contributed by atoms with Crippen molar-refractivity contribution in [2.24, 2.45) is 0 Å². The van der Waals surface area contributed by atoms with E-state index in [0.29, 0.717) is 6.04 Å². The maximum atomic E-state index is 10.5. The summed E-state index contributed by atoms with van der Waals surface area (Å²) in [6.07, 6.45) is 3.36. The molecule has 0 saturated heterocycles. The number of aliphatic hydroxyl groups is 1. The maximum Gasteiger partial charge on any atom is 0.0917 e. The van der Waals surface area contributed by atoms with Crippen molar-refractivity contribution in [3.05, 3.63) is 48.0 Å². The molecule has 3 rings (SSSR count). The van der Waals surface area contributed by atoms with Gasteiger partial charge in [-0.15, -0.1) is 0 Å². The van der Waals surface area contributed by atoms with Crippen LogP contribution in [0.25, 0.3) is 10.8 Å². The van der Waals surface area contributed by atoms with Gasteiger partial charge in [-0.25, -0.2) is 0 Å². The molecule has 2 heteroatoms. The molecule has 1 aliphatic carbocycles. The predicted molar refractivity (Wildman–Crippen MR) is 83.8 cm³/mol. The highest BCUT2D eigenvalue weighted by Gasteiger charge is 2.29. The van der Waals surface area contributed by atoms with Crippen molar-refractivity contribution in [3.8, 4) is 0 Å². The molecular weight excluding hydrogens is 246 g/mol. The van der Waals surface area contributed by atoms with Gasteiger partial charge in [0.15, 0.2) is 0 Å². The van der Waals surface area contributed by atoms with Gasteiger partial charge >= 0.3 is 0 Å². The lowest BCUT2D eigenvalue weighted by atomic mass is 10.0. The molecule has 1 N–H and O–H groups in total. The summed E-state index contributed by atoms with van der Waals surface area (Å²) >= 11 is 0. The predicted octanol–water partition coefficient (Wildman–Crippen LogP) is 3.75. The summed E-state index contributed by atoms with van der Waals surface area (Å²) in [6.45, 7) is 4.06. The van der Waals surface area contributed by atoms with Gasteiger partial charge in [-0.2, -0.15) is 0 Å². The fourth-order valence-electron chi connectivity index (χ4n) is 2.89. The normalized spacial score (nSPS) is 16.8. The van der Waals surface area contributed by atoms with Gasteiger partial charge in [0.25, 0.3) is 0 Å². The zero-order valence-electron chi connectivity index (χ0n) is 12.1. The molecule has 0 heterocycles. The van der Waals surface area contributed by atoms with Crippen LogP contribution in [-0.4, -0.2) is 29.1 Å². The van der Waals surface area contributed by atoms with Crippen LogP contribution in [0, 0.1) is 0 Å². The van der Waals surface area contributed by atoms with Crippen LogP contribution in [0.2, 0.25) is 0 Å². The Hall–Kier alpha value is -1.38. The molecule has 0 amide bonds. The van der Waals surface area contributed by atoms with E-state index in [1.807, 2.05) is 6.07 Å². The third-order valence-corrected chi connectivity index (χ3v) is 4.14. The number of fused-ring (bicyclic) bond motifs is 1. The van der Waals surface area contributed by atoms with Gasteiger partial charge < -0.3 is 5.11 Å². The minimum absolute atomic E-state index is 0.383. The van der Waals surface area contributed by atoms with Crippen LogP contribution in [0.5, 0.6) is 0 Å². The Balaban J connectivity index is 1.75. The Morgan fingerprint density at radius 2 is 1.90 bits per heavy atom. The highest BCUT2D eigenvalue weighted by atomic mass is 16.3. The standard InChI is InChI=1S/C18H23NO/c1-2-11-19(17-9-10-17)13-18(20)16-8-7-14-5-3-4-6-15(14)12-16/h3-8,12,17-18,20H,2,9-11,13H2,1H3. The molecule has 1 fully saturated rings. The van der Waals surface area contributed by atoms with E-state index in [4.69, 9.17) is 0 Å². The largest absolute Gasteiger partial charge is 0.387 e. The molecule has 106 valence electrons. The van der Waals surface area contributed by atoms with Crippen LogP contribution in [0.1, 0.15) is 37.9 Å². The second-order valence-electron chi connectivity index (χ2n) is 5.85. The summed E-state index contributed by atoms with van der Waals surface area (Å²) in [5.74, 6) is 0. The highest BCUT2D eigenvalue weighted by Crippen LogP contribution is 2.29. The molecular formula is C18H23NO. The molecule has 1 saturated carbocycles. The van der Waals surface area contributed by atoms with Crippen LogP contribution in [0.15, 0.2) is 42.5 Å². The number of nitrogens with zero attached hydrogens (tertiary/aromatic N) is 1. The van der Waals surface area contributed by atoms with Crippen molar-refractivity contribution in [1.29, 1.82) is 0 Å². The first-order valence-electron chi connectivity index (χ1n) is 7.68. The number of rotatable bonds is 6. The molecule has 1 atom stereocenters. The zero-order chi connectivity index (χ0) is 13.9. The Morgan fingerprint density at radius 3 is 2.60 bits per heavy atom. The van der Waals surface area contributed by atoms with Crippen molar-refractivity contribution in [2.75, 3.05) is 13.1 Å². The zero-order valence-corrected chi connectivity index (χ0v) is 12.1. The SMILES string of the molecule is CCCN(CC(O)c1ccc2ccccc2c1)C1CC1. The number of benzene rings is 2. The first-order chi connectivity index (χ1) is 9.78. The summed E-state index contributed by atoms with van der Waals surface area (Å²) in [5.41, 5.74) is 1.03. The summed E-state index contributed by atoms with van der Waals surface area (Å²) in [4.78, 5) is 2.44. The maximum absolute atomic E-state index is 10.5. The average molecular weight is 269 g/mol. The summed E-state index contributed by atoms with van der Waals surface area (Å²) in [6, 6.07) is 15.3. The molecule has 0 aliphatic heterocycles. The van der Waals surface area contributed by atoms with Crippen molar-refractivity contribution < 1.29 is 5.11 Å². The second kappa shape index (κ2) is 5.94. The van der Waals surface area contributed by atoms with Gasteiger partial charge in [-0.3, -0.25) is 4.90 Å². The van der Waals surface area contributed by atoms with Crippen LogP contribution in [0.3, 0.4) is 0 Å². The molecule has 2 aromatic rings. The molecule has 1 unspecified atom stereocenters. The molecule has 0 spiro atoms. The Morgan fingerprint density at radius 1 is 1.15 bits per heavy atom. The summed E-state index contributed by atoms with van der Waals surface area (Å²) < 4.78 is 0. The van der Waals surface area contributed by atoms with Gasteiger partial charge in [0.2, 0.25) is 0 Å². The lowest BCUT2D eigenvalue weighted by molar-refractivity contribution is 0.109. The second-order valence-corrected chi connectivity index (χ2v) is 5.85. The van der Waals surface area contributed by atoms with E-state index in [-0.39, 0.29) is 6.10 Å². The molecule has 1 aliphatic rings. The van der Waals surface area contributed by atoms with Crippen molar-refractivity contribution in [3.63, 3.8) is 0 Å². The van der Waals surface area contributed by atoms with Crippen LogP contribution in [-0.2, 0) is 0 Å². The van der Waals surface area contributed by atoms with E-state index in [1.165, 1.54) is 23.6 Å². The fourth-order valence-corrected chi connectivity index (χ4v) is 2.89. The highest BCUT2D eigenvalue weighted by molar-refractivity contribution is 5.83. The van der Waals surface area contributed by atoms with E-state index < -0.39 is 0 Å². The van der Waals surface area contributed by atoms with Crippen molar-refractivity contribution in [2.45, 2.75) is 38.3 Å². The van der Waals surface area contributed by atoms with E-state index >= 15 is 0 Å². The van der Waals surface area contributed by atoms with Gasteiger partial charge in [-0.05, 0) is 48.2 Å². The first-order valence-corrected chi connectivity index (χ1v) is 7.68. The Labute approximate surface area is 121 Å². The van der Waals surface area contributed by atoms with Gasteiger partial charge in [0, 0.05) is 12.6 Å². The summed E-state index contributed by atoms with van der Waals surface area (Å²) in [5, 5.41) is 13.0. The van der Waals surface area contributed by atoms with Crippen molar-refractivity contribution >= 4 is 10.8 Å². The Bertz CT molecular complexity index is 576. The van der Waals surface area contributed by atoms with Gasteiger partial charge in [-0.1, -0.05) is 43.3 Å². The van der Waals surface area contributed by atoms with Gasteiger partial charge in [0.05, 0.1) is 6.10 Å². The summed E-state index contributed by atoms with van der Waals surface area (Å²) in [7, 11) is 0. The van der Waals surface area contributed by atoms with Gasteiger partial charge in [0.1, 0.15) is 0 Å². The van der Waals surface area contributed by atoms with E-state index in [2.05, 4.69) is 48.2 Å². The molecule has 0 radical (unpaired) electrons. The Kier molecular flexibility index (Phi) is 4.04. The van der Waals surface area contributed by atoms with E-state index in [1.54, 1.807) is 0 Å². The number of hydrogen-bond donors (Lipinski definition) is 1. The number of aliphatic hydroxyl groups excluding tert-OH is 1. The minimum Gasteiger partial charge on any atom is -0.387 e. The lowest BCUT2D eigenvalue weighted by Gasteiger charge is -2.24. The molecule has 20 heavy (non-hydrogen) atoms. The molecule has 2 aromatic carbocycles. The average Bonchev–Trinajstić information content (AvgIpc) is 3.31. The monoisotopic (exact) mass is 269 g/mol. The fraction of sp³-hybridized carbons (Fsp3) is 0.444. The van der Waals surface area contributed by atoms with E-state index in [0.717, 1.165) is 25.1 Å². The third-order valence-electron chi connectivity index (χ3n) is 4.14. The smallest absolute Gasteiger partial charge is 0.0917 e.